The van der Waals surface area contributed by atoms with Crippen LogP contribution in [0.3, 0.4) is 0 Å². The standard InChI is InChI=1S/C19H18ClNO4/c20-14-5-3-6-15(11-14)25-16-8-9-21(12-16)18(22)10-13-4-1-2-7-17(13)19(23)24/h1-7,11,16H,8-10,12H2,(H,23,24). The summed E-state index contributed by atoms with van der Waals surface area (Å²) in [5, 5.41) is 9.82. The zero-order chi connectivity index (χ0) is 17.8. The van der Waals surface area contributed by atoms with Crippen LogP contribution in [0.5, 0.6) is 5.75 Å². The fourth-order valence-corrected chi connectivity index (χ4v) is 3.12. The van der Waals surface area contributed by atoms with Gasteiger partial charge in [0, 0.05) is 18.0 Å². The summed E-state index contributed by atoms with van der Waals surface area (Å²) < 4.78 is 5.88. The van der Waals surface area contributed by atoms with Crippen molar-refractivity contribution in [2.45, 2.75) is 18.9 Å². The lowest BCUT2D eigenvalue weighted by Crippen LogP contribution is -2.32. The average Bonchev–Trinajstić information content (AvgIpc) is 3.04. The summed E-state index contributed by atoms with van der Waals surface area (Å²) in [5.41, 5.74) is 0.695. The molecule has 3 rings (SSSR count). The van der Waals surface area contributed by atoms with Gasteiger partial charge in [-0.3, -0.25) is 4.79 Å². The molecule has 0 aliphatic carbocycles. The van der Waals surface area contributed by atoms with Crippen LogP contribution in [0.25, 0.3) is 0 Å². The van der Waals surface area contributed by atoms with Crippen molar-refractivity contribution in [2.24, 2.45) is 0 Å². The minimum Gasteiger partial charge on any atom is -0.488 e. The lowest BCUT2D eigenvalue weighted by atomic mass is 10.0. The topological polar surface area (TPSA) is 66.8 Å². The molecule has 0 aromatic heterocycles. The maximum Gasteiger partial charge on any atom is 0.335 e. The SMILES string of the molecule is O=C(O)c1ccccc1CC(=O)N1CCC(Oc2cccc(Cl)c2)C1. The van der Waals surface area contributed by atoms with E-state index >= 15 is 0 Å². The number of benzene rings is 2. The number of ether oxygens (including phenoxy) is 1. The zero-order valence-electron chi connectivity index (χ0n) is 13.5. The van der Waals surface area contributed by atoms with Crippen molar-refractivity contribution in [3.05, 3.63) is 64.7 Å². The number of carbonyl (C=O) groups excluding carboxylic acids is 1. The van der Waals surface area contributed by atoms with Crippen molar-refractivity contribution >= 4 is 23.5 Å². The Morgan fingerprint density at radius 2 is 2.00 bits per heavy atom. The Kier molecular flexibility index (Phi) is 5.24. The second-order valence-corrected chi connectivity index (χ2v) is 6.40. The van der Waals surface area contributed by atoms with E-state index in [-0.39, 0.29) is 24.0 Å². The van der Waals surface area contributed by atoms with E-state index < -0.39 is 5.97 Å². The molecule has 6 heteroatoms. The molecule has 130 valence electrons. The molecule has 2 aromatic carbocycles. The van der Waals surface area contributed by atoms with E-state index in [2.05, 4.69) is 0 Å². The van der Waals surface area contributed by atoms with E-state index in [1.165, 1.54) is 6.07 Å². The Hall–Kier alpha value is -2.53. The number of hydrogen-bond donors (Lipinski definition) is 1. The number of rotatable bonds is 5. The number of amides is 1. The Morgan fingerprint density at radius 1 is 1.20 bits per heavy atom. The number of halogens is 1. The van der Waals surface area contributed by atoms with Gasteiger partial charge in [0.05, 0.1) is 18.5 Å². The van der Waals surface area contributed by atoms with Gasteiger partial charge < -0.3 is 14.7 Å². The maximum absolute atomic E-state index is 12.5. The van der Waals surface area contributed by atoms with Gasteiger partial charge in [-0.1, -0.05) is 35.9 Å². The van der Waals surface area contributed by atoms with Crippen LogP contribution in [-0.4, -0.2) is 41.1 Å². The third-order valence-corrected chi connectivity index (χ3v) is 4.42. The minimum atomic E-state index is -1.02. The van der Waals surface area contributed by atoms with Crippen molar-refractivity contribution in [1.29, 1.82) is 0 Å². The van der Waals surface area contributed by atoms with Gasteiger partial charge in [-0.2, -0.15) is 0 Å². The molecule has 0 radical (unpaired) electrons. The predicted octanol–water partition coefficient (Wildman–Crippen LogP) is 3.26. The third-order valence-electron chi connectivity index (χ3n) is 4.19. The molecule has 1 amide bonds. The summed E-state index contributed by atoms with van der Waals surface area (Å²) in [5.74, 6) is -0.430. The number of carbonyl (C=O) groups is 2. The quantitative estimate of drug-likeness (QED) is 0.889. The average molecular weight is 360 g/mol. The van der Waals surface area contributed by atoms with Crippen molar-refractivity contribution < 1.29 is 19.4 Å². The molecular formula is C19H18ClNO4. The van der Waals surface area contributed by atoms with Crippen molar-refractivity contribution in [2.75, 3.05) is 13.1 Å². The van der Waals surface area contributed by atoms with Gasteiger partial charge in [0.15, 0.2) is 0 Å². The van der Waals surface area contributed by atoms with E-state index in [4.69, 9.17) is 16.3 Å². The first-order valence-electron chi connectivity index (χ1n) is 8.04. The number of likely N-dealkylation sites (tertiary alicyclic amines) is 1. The van der Waals surface area contributed by atoms with E-state index in [1.807, 2.05) is 12.1 Å². The molecule has 2 aromatic rings. The van der Waals surface area contributed by atoms with Crippen molar-refractivity contribution in [3.8, 4) is 5.75 Å². The Labute approximate surface area is 150 Å². The fourth-order valence-electron chi connectivity index (χ4n) is 2.94. The Morgan fingerprint density at radius 3 is 2.76 bits per heavy atom. The molecule has 0 spiro atoms. The predicted molar refractivity (Wildman–Crippen MR) is 94.2 cm³/mol. The van der Waals surface area contributed by atoms with Crippen LogP contribution in [0.2, 0.25) is 5.02 Å². The molecule has 1 N–H and O–H groups in total. The first-order chi connectivity index (χ1) is 12.0. The molecule has 1 heterocycles. The lowest BCUT2D eigenvalue weighted by molar-refractivity contribution is -0.129. The summed E-state index contributed by atoms with van der Waals surface area (Å²) in [6.45, 7) is 1.08. The number of nitrogens with zero attached hydrogens (tertiary/aromatic N) is 1. The smallest absolute Gasteiger partial charge is 0.335 e. The molecule has 25 heavy (non-hydrogen) atoms. The molecule has 1 fully saturated rings. The molecule has 0 bridgehead atoms. The van der Waals surface area contributed by atoms with Gasteiger partial charge >= 0.3 is 5.97 Å². The highest BCUT2D eigenvalue weighted by molar-refractivity contribution is 6.30. The van der Waals surface area contributed by atoms with E-state index in [9.17, 15) is 14.7 Å². The second-order valence-electron chi connectivity index (χ2n) is 5.96. The van der Waals surface area contributed by atoms with Gasteiger partial charge in [-0.25, -0.2) is 4.79 Å². The maximum atomic E-state index is 12.5. The minimum absolute atomic E-state index is 0.0758. The summed E-state index contributed by atoms with van der Waals surface area (Å²) in [6.07, 6.45) is 0.725. The van der Waals surface area contributed by atoms with Gasteiger partial charge in [0.2, 0.25) is 5.91 Å². The van der Waals surface area contributed by atoms with E-state index in [0.717, 1.165) is 6.42 Å². The molecule has 1 aliphatic rings. The highest BCUT2D eigenvalue weighted by Gasteiger charge is 2.28. The number of aromatic carboxylic acids is 1. The van der Waals surface area contributed by atoms with Gasteiger partial charge in [-0.05, 0) is 29.8 Å². The van der Waals surface area contributed by atoms with Crippen LogP contribution in [0, 0.1) is 0 Å². The largest absolute Gasteiger partial charge is 0.488 e. The summed E-state index contributed by atoms with van der Waals surface area (Å²) in [4.78, 5) is 25.5. The molecule has 1 saturated heterocycles. The van der Waals surface area contributed by atoms with E-state index in [1.54, 1.807) is 35.2 Å². The van der Waals surface area contributed by atoms with Crippen LogP contribution in [0.1, 0.15) is 22.3 Å². The summed E-state index contributed by atoms with van der Waals surface area (Å²) in [6, 6.07) is 13.8. The normalized spacial score (nSPS) is 16.7. The van der Waals surface area contributed by atoms with Gasteiger partial charge in [0.1, 0.15) is 11.9 Å². The highest BCUT2D eigenvalue weighted by atomic mass is 35.5. The Bertz CT molecular complexity index is 792. The highest BCUT2D eigenvalue weighted by Crippen LogP contribution is 2.22. The molecule has 1 atom stereocenters. The summed E-state index contributed by atoms with van der Waals surface area (Å²) >= 11 is 5.95. The number of carboxylic acid groups (broad SMARTS) is 1. The van der Waals surface area contributed by atoms with Crippen LogP contribution < -0.4 is 4.74 Å². The fraction of sp³-hybridized carbons (Fsp3) is 0.263. The molecule has 1 aliphatic heterocycles. The van der Waals surface area contributed by atoms with Crippen LogP contribution in [0.15, 0.2) is 48.5 Å². The summed E-state index contributed by atoms with van der Waals surface area (Å²) in [7, 11) is 0. The zero-order valence-corrected chi connectivity index (χ0v) is 14.3. The Balaban J connectivity index is 1.60. The first-order valence-corrected chi connectivity index (χ1v) is 8.42. The molecule has 5 nitrogen and oxygen atoms in total. The first kappa shape index (κ1) is 17.3. The van der Waals surface area contributed by atoms with Crippen LogP contribution in [-0.2, 0) is 11.2 Å². The number of hydrogen-bond acceptors (Lipinski definition) is 3. The second kappa shape index (κ2) is 7.57. The van der Waals surface area contributed by atoms with Crippen molar-refractivity contribution in [1.82, 2.24) is 4.90 Å². The van der Waals surface area contributed by atoms with Crippen LogP contribution >= 0.6 is 11.6 Å². The van der Waals surface area contributed by atoms with Crippen molar-refractivity contribution in [3.63, 3.8) is 0 Å². The molecular weight excluding hydrogens is 342 g/mol. The van der Waals surface area contributed by atoms with E-state index in [0.29, 0.717) is 29.4 Å². The van der Waals surface area contributed by atoms with Gasteiger partial charge in [-0.15, -0.1) is 0 Å². The molecule has 1 unspecified atom stereocenters. The molecule has 0 saturated carbocycles. The third kappa shape index (κ3) is 4.31. The van der Waals surface area contributed by atoms with Gasteiger partial charge in [0.25, 0.3) is 0 Å². The number of carboxylic acids is 1. The lowest BCUT2D eigenvalue weighted by Gasteiger charge is -2.18. The van der Waals surface area contributed by atoms with Crippen LogP contribution in [0.4, 0.5) is 0 Å². The monoisotopic (exact) mass is 359 g/mol.